The number of hydrogen-bond acceptors (Lipinski definition) is 5. The fourth-order valence-electron chi connectivity index (χ4n) is 2.54. The normalized spacial score (nSPS) is 12.0. The quantitative estimate of drug-likeness (QED) is 0.483. The number of halogens is 1. The largest absolute Gasteiger partial charge is 0.490 e. The van der Waals surface area contributed by atoms with E-state index < -0.39 is 0 Å². The van der Waals surface area contributed by atoms with Crippen molar-refractivity contribution in [3.05, 3.63) is 58.6 Å². The van der Waals surface area contributed by atoms with E-state index >= 15 is 0 Å². The van der Waals surface area contributed by atoms with Gasteiger partial charge in [0.25, 0.3) is 0 Å². The number of rotatable bonds is 12. The van der Waals surface area contributed by atoms with Gasteiger partial charge in [-0.25, -0.2) is 0 Å². The van der Waals surface area contributed by atoms with E-state index in [2.05, 4.69) is 10.6 Å². The maximum Gasteiger partial charge on any atom is 0.161 e. The first-order valence-electron chi connectivity index (χ1n) is 9.31. The highest BCUT2D eigenvalue weighted by molar-refractivity contribution is 6.31. The van der Waals surface area contributed by atoms with Crippen LogP contribution in [0.2, 0.25) is 5.02 Å². The van der Waals surface area contributed by atoms with Gasteiger partial charge in [0.15, 0.2) is 11.5 Å². The van der Waals surface area contributed by atoms with Gasteiger partial charge in [-0.05, 0) is 37.6 Å². The lowest BCUT2D eigenvalue weighted by atomic mass is 10.2. The zero-order valence-electron chi connectivity index (χ0n) is 16.0. The second-order valence-corrected chi connectivity index (χ2v) is 6.73. The van der Waals surface area contributed by atoms with Gasteiger partial charge in [-0.3, -0.25) is 0 Å². The molecule has 0 bridgehead atoms. The Hall–Kier alpha value is -1.79. The van der Waals surface area contributed by atoms with Gasteiger partial charge in [-0.15, -0.1) is 0 Å². The molecule has 3 N–H and O–H groups in total. The van der Waals surface area contributed by atoms with Crippen LogP contribution >= 0.6 is 11.6 Å². The van der Waals surface area contributed by atoms with Gasteiger partial charge in [0.1, 0.15) is 6.61 Å². The Bertz CT molecular complexity index is 695. The maximum absolute atomic E-state index is 9.21. The third-order valence-corrected chi connectivity index (χ3v) is 4.27. The summed E-state index contributed by atoms with van der Waals surface area (Å²) in [7, 11) is 0. The SMILES string of the molecule is CCOc1cc(CNCCNC[C@H](C)O)ccc1OCc1ccccc1Cl. The van der Waals surface area contributed by atoms with Crippen molar-refractivity contribution in [2.24, 2.45) is 0 Å². The van der Waals surface area contributed by atoms with Crippen LogP contribution in [-0.2, 0) is 13.2 Å². The highest BCUT2D eigenvalue weighted by Crippen LogP contribution is 2.30. The average molecular weight is 393 g/mol. The second kappa shape index (κ2) is 11.8. The highest BCUT2D eigenvalue weighted by Gasteiger charge is 2.08. The summed E-state index contributed by atoms with van der Waals surface area (Å²) < 4.78 is 11.7. The predicted molar refractivity (Wildman–Crippen MR) is 110 cm³/mol. The molecule has 2 aromatic rings. The Morgan fingerprint density at radius 1 is 1.04 bits per heavy atom. The van der Waals surface area contributed by atoms with E-state index in [0.29, 0.717) is 30.5 Å². The summed E-state index contributed by atoms with van der Waals surface area (Å²) in [4.78, 5) is 0. The number of ether oxygens (including phenoxy) is 2. The molecule has 0 amide bonds. The van der Waals surface area contributed by atoms with Gasteiger partial charge in [0, 0.05) is 36.8 Å². The summed E-state index contributed by atoms with van der Waals surface area (Å²) in [6, 6.07) is 13.6. The molecule has 27 heavy (non-hydrogen) atoms. The van der Waals surface area contributed by atoms with Crippen molar-refractivity contribution in [1.82, 2.24) is 10.6 Å². The van der Waals surface area contributed by atoms with Crippen LogP contribution in [0, 0.1) is 0 Å². The maximum atomic E-state index is 9.21. The fourth-order valence-corrected chi connectivity index (χ4v) is 2.73. The lowest BCUT2D eigenvalue weighted by Gasteiger charge is -2.14. The molecule has 0 saturated heterocycles. The van der Waals surface area contributed by atoms with E-state index in [1.54, 1.807) is 6.92 Å². The van der Waals surface area contributed by atoms with E-state index in [1.165, 1.54) is 0 Å². The fraction of sp³-hybridized carbons (Fsp3) is 0.429. The molecule has 6 heteroatoms. The second-order valence-electron chi connectivity index (χ2n) is 6.32. The van der Waals surface area contributed by atoms with Crippen LogP contribution in [0.5, 0.6) is 11.5 Å². The van der Waals surface area contributed by atoms with Crippen LogP contribution in [0.15, 0.2) is 42.5 Å². The molecule has 0 aliphatic heterocycles. The zero-order valence-corrected chi connectivity index (χ0v) is 16.8. The highest BCUT2D eigenvalue weighted by atomic mass is 35.5. The van der Waals surface area contributed by atoms with Gasteiger partial charge in [0.2, 0.25) is 0 Å². The van der Waals surface area contributed by atoms with Crippen LogP contribution in [0.3, 0.4) is 0 Å². The third kappa shape index (κ3) is 7.77. The lowest BCUT2D eigenvalue weighted by Crippen LogP contribution is -2.31. The Labute approximate surface area is 166 Å². The topological polar surface area (TPSA) is 62.8 Å². The summed E-state index contributed by atoms with van der Waals surface area (Å²) in [6.45, 7) is 7.66. The molecule has 0 aliphatic carbocycles. The first-order valence-corrected chi connectivity index (χ1v) is 9.69. The molecule has 0 unspecified atom stereocenters. The lowest BCUT2D eigenvalue weighted by molar-refractivity contribution is 0.191. The minimum Gasteiger partial charge on any atom is -0.490 e. The molecule has 5 nitrogen and oxygen atoms in total. The molecule has 0 aliphatic rings. The Morgan fingerprint density at radius 2 is 1.81 bits per heavy atom. The molecule has 0 aromatic heterocycles. The Balaban J connectivity index is 1.88. The van der Waals surface area contributed by atoms with Gasteiger partial charge in [0.05, 0.1) is 12.7 Å². The van der Waals surface area contributed by atoms with Crippen molar-refractivity contribution >= 4 is 11.6 Å². The van der Waals surface area contributed by atoms with E-state index in [4.69, 9.17) is 21.1 Å². The summed E-state index contributed by atoms with van der Waals surface area (Å²) in [5.74, 6) is 1.44. The molecular weight excluding hydrogens is 364 g/mol. The van der Waals surface area contributed by atoms with Crippen LogP contribution in [-0.4, -0.2) is 37.5 Å². The molecule has 0 radical (unpaired) electrons. The Morgan fingerprint density at radius 3 is 2.56 bits per heavy atom. The third-order valence-electron chi connectivity index (χ3n) is 3.90. The van der Waals surface area contributed by atoms with E-state index in [0.717, 1.165) is 36.5 Å². The molecule has 0 fully saturated rings. The summed E-state index contributed by atoms with van der Waals surface area (Å²) in [6.07, 6.45) is -0.322. The van der Waals surface area contributed by atoms with Crippen molar-refractivity contribution < 1.29 is 14.6 Å². The number of nitrogens with one attached hydrogen (secondary N) is 2. The van der Waals surface area contributed by atoms with Crippen molar-refractivity contribution in [2.45, 2.75) is 33.1 Å². The molecule has 0 spiro atoms. The van der Waals surface area contributed by atoms with Crippen molar-refractivity contribution in [3.63, 3.8) is 0 Å². The van der Waals surface area contributed by atoms with E-state index in [-0.39, 0.29) is 6.10 Å². The molecular formula is C21H29ClN2O3. The van der Waals surface area contributed by atoms with Gasteiger partial charge in [-0.1, -0.05) is 35.9 Å². The van der Waals surface area contributed by atoms with Gasteiger partial charge >= 0.3 is 0 Å². The summed E-state index contributed by atoms with van der Waals surface area (Å²) >= 11 is 6.19. The molecule has 1 atom stereocenters. The summed E-state index contributed by atoms with van der Waals surface area (Å²) in [5, 5.41) is 16.5. The van der Waals surface area contributed by atoms with Crippen molar-refractivity contribution in [2.75, 3.05) is 26.2 Å². The molecule has 2 aromatic carbocycles. The first-order chi connectivity index (χ1) is 13.1. The zero-order chi connectivity index (χ0) is 19.5. The van der Waals surface area contributed by atoms with Gasteiger partial charge in [-0.2, -0.15) is 0 Å². The summed E-state index contributed by atoms with van der Waals surface area (Å²) in [5.41, 5.74) is 2.07. The van der Waals surface area contributed by atoms with Crippen LogP contribution in [0.1, 0.15) is 25.0 Å². The predicted octanol–water partition coefficient (Wildman–Crippen LogP) is 3.38. The van der Waals surface area contributed by atoms with E-state index in [9.17, 15) is 5.11 Å². The number of benzene rings is 2. The average Bonchev–Trinajstić information content (AvgIpc) is 2.65. The van der Waals surface area contributed by atoms with Crippen LogP contribution in [0.25, 0.3) is 0 Å². The smallest absolute Gasteiger partial charge is 0.161 e. The van der Waals surface area contributed by atoms with Crippen molar-refractivity contribution in [1.29, 1.82) is 0 Å². The molecule has 0 heterocycles. The molecule has 2 rings (SSSR count). The number of hydrogen-bond donors (Lipinski definition) is 3. The Kier molecular flexibility index (Phi) is 9.42. The van der Waals surface area contributed by atoms with Crippen LogP contribution < -0.4 is 20.1 Å². The number of aliphatic hydroxyl groups is 1. The first kappa shape index (κ1) is 21.5. The minimum atomic E-state index is -0.322. The molecule has 148 valence electrons. The standard InChI is InChI=1S/C21H29ClN2O3/c1-3-26-21-12-17(14-24-11-10-23-13-16(2)25)8-9-20(21)27-15-18-6-4-5-7-19(18)22/h4-9,12,16,23-25H,3,10-11,13-15H2,1-2H3/t16-/m0/s1. The molecule has 0 saturated carbocycles. The minimum absolute atomic E-state index is 0.322. The van der Waals surface area contributed by atoms with Crippen molar-refractivity contribution in [3.8, 4) is 11.5 Å². The van der Waals surface area contributed by atoms with Gasteiger partial charge < -0.3 is 25.2 Å². The van der Waals surface area contributed by atoms with Crippen LogP contribution in [0.4, 0.5) is 0 Å². The van der Waals surface area contributed by atoms with E-state index in [1.807, 2.05) is 49.4 Å². The monoisotopic (exact) mass is 392 g/mol. The number of aliphatic hydroxyl groups excluding tert-OH is 1.